The maximum Gasteiger partial charge on any atom is 0.326 e. The minimum Gasteiger partial charge on any atom is -0.497 e. The third kappa shape index (κ3) is 3.98. The molecule has 2 unspecified atom stereocenters. The SMILES string of the molecule is CCC(C)C(NC(=O)c1ccc(OC)cc1)C(=O)O. The Morgan fingerprint density at radius 3 is 2.32 bits per heavy atom. The number of hydrogen-bond acceptors (Lipinski definition) is 3. The van der Waals surface area contributed by atoms with E-state index in [9.17, 15) is 9.59 Å². The number of nitrogens with one attached hydrogen (secondary N) is 1. The number of carbonyl (C=O) groups is 2. The van der Waals surface area contributed by atoms with Crippen LogP contribution in [0.5, 0.6) is 5.75 Å². The van der Waals surface area contributed by atoms with E-state index in [1.807, 2.05) is 6.92 Å². The third-order valence-corrected chi connectivity index (χ3v) is 3.12. The van der Waals surface area contributed by atoms with E-state index < -0.39 is 17.9 Å². The van der Waals surface area contributed by atoms with Gasteiger partial charge in [0.25, 0.3) is 5.91 Å². The van der Waals surface area contributed by atoms with Gasteiger partial charge in [-0.1, -0.05) is 20.3 Å². The van der Waals surface area contributed by atoms with Crippen molar-refractivity contribution in [3.05, 3.63) is 29.8 Å². The van der Waals surface area contributed by atoms with Crippen LogP contribution in [0.25, 0.3) is 0 Å². The van der Waals surface area contributed by atoms with Crippen LogP contribution >= 0.6 is 0 Å². The summed E-state index contributed by atoms with van der Waals surface area (Å²) < 4.78 is 5.00. The summed E-state index contributed by atoms with van der Waals surface area (Å²) in [7, 11) is 1.54. The average Bonchev–Trinajstić information content (AvgIpc) is 2.43. The molecule has 0 aliphatic carbocycles. The van der Waals surface area contributed by atoms with Crippen LogP contribution in [-0.4, -0.2) is 30.1 Å². The predicted molar refractivity (Wildman–Crippen MR) is 71.3 cm³/mol. The van der Waals surface area contributed by atoms with Crippen molar-refractivity contribution in [2.45, 2.75) is 26.3 Å². The standard InChI is InChI=1S/C14H19NO4/c1-4-9(2)12(14(17)18)15-13(16)10-5-7-11(19-3)8-6-10/h5-9,12H,4H2,1-3H3,(H,15,16)(H,17,18). The van der Waals surface area contributed by atoms with Gasteiger partial charge in [0, 0.05) is 5.56 Å². The van der Waals surface area contributed by atoms with Gasteiger partial charge >= 0.3 is 5.97 Å². The Morgan fingerprint density at radius 1 is 1.32 bits per heavy atom. The highest BCUT2D eigenvalue weighted by Gasteiger charge is 2.25. The van der Waals surface area contributed by atoms with Crippen molar-refractivity contribution in [3.63, 3.8) is 0 Å². The largest absolute Gasteiger partial charge is 0.497 e. The molecule has 104 valence electrons. The van der Waals surface area contributed by atoms with Crippen molar-refractivity contribution in [1.82, 2.24) is 5.32 Å². The van der Waals surface area contributed by atoms with Crippen LogP contribution in [0.3, 0.4) is 0 Å². The molecule has 1 aromatic rings. The molecule has 1 amide bonds. The molecule has 0 radical (unpaired) electrons. The van der Waals surface area contributed by atoms with E-state index in [1.165, 1.54) is 0 Å². The lowest BCUT2D eigenvalue weighted by Gasteiger charge is -2.20. The number of amides is 1. The number of rotatable bonds is 6. The number of carboxylic acids is 1. The normalized spacial score (nSPS) is 13.4. The second kappa shape index (κ2) is 6.78. The van der Waals surface area contributed by atoms with Crippen LogP contribution in [-0.2, 0) is 4.79 Å². The smallest absolute Gasteiger partial charge is 0.326 e. The summed E-state index contributed by atoms with van der Waals surface area (Å²) in [6.45, 7) is 3.69. The first kappa shape index (κ1) is 15.0. The summed E-state index contributed by atoms with van der Waals surface area (Å²) in [6, 6.07) is 5.65. The minimum absolute atomic E-state index is 0.125. The molecule has 0 saturated carbocycles. The first-order valence-corrected chi connectivity index (χ1v) is 6.17. The number of carboxylic acid groups (broad SMARTS) is 1. The molecule has 0 bridgehead atoms. The molecule has 2 N–H and O–H groups in total. The molecule has 1 rings (SSSR count). The van der Waals surface area contributed by atoms with E-state index in [0.29, 0.717) is 17.7 Å². The lowest BCUT2D eigenvalue weighted by molar-refractivity contribution is -0.140. The summed E-state index contributed by atoms with van der Waals surface area (Å²) in [4.78, 5) is 23.1. The molecule has 0 saturated heterocycles. The van der Waals surface area contributed by atoms with Crippen LogP contribution in [0.15, 0.2) is 24.3 Å². The molecule has 19 heavy (non-hydrogen) atoms. The second-order valence-corrected chi connectivity index (χ2v) is 4.40. The number of aliphatic carboxylic acids is 1. The second-order valence-electron chi connectivity index (χ2n) is 4.40. The first-order valence-electron chi connectivity index (χ1n) is 6.17. The highest BCUT2D eigenvalue weighted by atomic mass is 16.5. The molecular formula is C14H19NO4. The van der Waals surface area contributed by atoms with Crippen LogP contribution in [0, 0.1) is 5.92 Å². The van der Waals surface area contributed by atoms with Crippen LogP contribution in [0.2, 0.25) is 0 Å². The van der Waals surface area contributed by atoms with Gasteiger partial charge in [-0.3, -0.25) is 4.79 Å². The molecular weight excluding hydrogens is 246 g/mol. The zero-order valence-corrected chi connectivity index (χ0v) is 11.3. The fourth-order valence-electron chi connectivity index (χ4n) is 1.65. The van der Waals surface area contributed by atoms with Gasteiger partial charge in [0.2, 0.25) is 0 Å². The van der Waals surface area contributed by atoms with E-state index in [2.05, 4.69) is 5.32 Å². The molecule has 2 atom stereocenters. The maximum atomic E-state index is 12.0. The van der Waals surface area contributed by atoms with Gasteiger partial charge in [0.15, 0.2) is 0 Å². The number of ether oxygens (including phenoxy) is 1. The maximum absolute atomic E-state index is 12.0. The Kier molecular flexibility index (Phi) is 5.36. The highest BCUT2D eigenvalue weighted by Crippen LogP contribution is 2.13. The fourth-order valence-corrected chi connectivity index (χ4v) is 1.65. The van der Waals surface area contributed by atoms with E-state index in [1.54, 1.807) is 38.3 Å². The first-order chi connectivity index (χ1) is 8.99. The Hall–Kier alpha value is -2.04. The van der Waals surface area contributed by atoms with Gasteiger partial charge in [-0.25, -0.2) is 4.79 Å². The van der Waals surface area contributed by atoms with E-state index in [-0.39, 0.29) is 5.92 Å². The van der Waals surface area contributed by atoms with Crippen molar-refractivity contribution >= 4 is 11.9 Å². The molecule has 0 aromatic heterocycles. The number of carbonyl (C=O) groups excluding carboxylic acids is 1. The lowest BCUT2D eigenvalue weighted by atomic mass is 9.99. The molecule has 5 heteroatoms. The van der Waals surface area contributed by atoms with Crippen molar-refractivity contribution in [2.24, 2.45) is 5.92 Å². The van der Waals surface area contributed by atoms with Gasteiger partial charge in [0.05, 0.1) is 7.11 Å². The monoisotopic (exact) mass is 265 g/mol. The van der Waals surface area contributed by atoms with Crippen molar-refractivity contribution in [3.8, 4) is 5.75 Å². The Morgan fingerprint density at radius 2 is 1.89 bits per heavy atom. The quantitative estimate of drug-likeness (QED) is 0.824. The predicted octanol–water partition coefficient (Wildman–Crippen LogP) is 1.92. The summed E-state index contributed by atoms with van der Waals surface area (Å²) in [5.74, 6) is -0.889. The van der Waals surface area contributed by atoms with Crippen LogP contribution < -0.4 is 10.1 Å². The minimum atomic E-state index is -1.02. The van der Waals surface area contributed by atoms with E-state index in [0.717, 1.165) is 0 Å². The summed E-state index contributed by atoms with van der Waals surface area (Å²) in [6.07, 6.45) is 0.680. The average molecular weight is 265 g/mol. The van der Waals surface area contributed by atoms with E-state index >= 15 is 0 Å². The fraction of sp³-hybridized carbons (Fsp3) is 0.429. The molecule has 5 nitrogen and oxygen atoms in total. The van der Waals surface area contributed by atoms with Crippen molar-refractivity contribution in [2.75, 3.05) is 7.11 Å². The summed E-state index contributed by atoms with van der Waals surface area (Å²) in [5.41, 5.74) is 0.412. The molecule has 0 aliphatic heterocycles. The third-order valence-electron chi connectivity index (χ3n) is 3.12. The van der Waals surface area contributed by atoms with Gasteiger partial charge < -0.3 is 15.2 Å². The highest BCUT2D eigenvalue weighted by molar-refractivity contribution is 5.96. The number of benzene rings is 1. The Balaban J connectivity index is 2.78. The van der Waals surface area contributed by atoms with E-state index in [4.69, 9.17) is 9.84 Å². The topological polar surface area (TPSA) is 75.6 Å². The Labute approximate surface area is 112 Å². The van der Waals surface area contributed by atoms with Gasteiger partial charge in [-0.05, 0) is 30.2 Å². The summed E-state index contributed by atoms with van der Waals surface area (Å²) in [5, 5.41) is 11.7. The van der Waals surface area contributed by atoms with Crippen molar-refractivity contribution in [1.29, 1.82) is 0 Å². The number of methoxy groups -OCH3 is 1. The van der Waals surface area contributed by atoms with Gasteiger partial charge in [-0.2, -0.15) is 0 Å². The van der Waals surface area contributed by atoms with Gasteiger partial charge in [0.1, 0.15) is 11.8 Å². The molecule has 0 heterocycles. The Bertz CT molecular complexity index is 441. The van der Waals surface area contributed by atoms with Crippen molar-refractivity contribution < 1.29 is 19.4 Å². The lowest BCUT2D eigenvalue weighted by Crippen LogP contribution is -2.45. The molecule has 0 aliphatic rings. The molecule has 0 fully saturated rings. The number of hydrogen-bond donors (Lipinski definition) is 2. The zero-order chi connectivity index (χ0) is 14.4. The van der Waals surface area contributed by atoms with Crippen LogP contribution in [0.4, 0.5) is 0 Å². The van der Waals surface area contributed by atoms with Crippen LogP contribution in [0.1, 0.15) is 30.6 Å². The zero-order valence-electron chi connectivity index (χ0n) is 11.3. The molecule has 1 aromatic carbocycles. The summed E-state index contributed by atoms with van der Waals surface area (Å²) >= 11 is 0. The van der Waals surface area contributed by atoms with Gasteiger partial charge in [-0.15, -0.1) is 0 Å². The molecule has 0 spiro atoms.